The van der Waals surface area contributed by atoms with Crippen molar-refractivity contribution in [3.05, 3.63) is 63.4 Å². The number of nitrogens with one attached hydrogen (secondary N) is 3. The summed E-state index contributed by atoms with van der Waals surface area (Å²) in [6.07, 6.45) is 0. The highest BCUT2D eigenvalue weighted by atomic mass is 35.5. The third-order valence-corrected chi connectivity index (χ3v) is 3.05. The van der Waals surface area contributed by atoms with E-state index in [-0.39, 0.29) is 15.8 Å². The molecule has 0 amide bonds. The number of rotatable bonds is 4. The van der Waals surface area contributed by atoms with Gasteiger partial charge in [-0.1, -0.05) is 17.7 Å². The maximum absolute atomic E-state index is 13.0. The van der Waals surface area contributed by atoms with Crippen molar-refractivity contribution >= 4 is 46.0 Å². The van der Waals surface area contributed by atoms with Gasteiger partial charge in [0.1, 0.15) is 5.82 Å². The molecular formula is C13H10ClFN4O2S. The fraction of sp³-hybridized carbons (Fsp3) is 0. The van der Waals surface area contributed by atoms with E-state index in [9.17, 15) is 14.5 Å². The van der Waals surface area contributed by atoms with Gasteiger partial charge in [-0.05, 0) is 36.5 Å². The summed E-state index contributed by atoms with van der Waals surface area (Å²) < 4.78 is 13.0. The molecule has 0 saturated heterocycles. The van der Waals surface area contributed by atoms with Crippen LogP contribution in [-0.4, -0.2) is 10.0 Å². The lowest BCUT2D eigenvalue weighted by atomic mass is 10.3. The van der Waals surface area contributed by atoms with Gasteiger partial charge in [0, 0.05) is 17.8 Å². The third-order valence-electron chi connectivity index (χ3n) is 2.55. The second-order valence-corrected chi connectivity index (χ2v) is 4.96. The summed E-state index contributed by atoms with van der Waals surface area (Å²) in [7, 11) is 0. The number of nitrogens with zero attached hydrogens (tertiary/aromatic N) is 1. The molecule has 0 bridgehead atoms. The van der Waals surface area contributed by atoms with Gasteiger partial charge in [0.2, 0.25) is 0 Å². The van der Waals surface area contributed by atoms with Gasteiger partial charge >= 0.3 is 0 Å². The van der Waals surface area contributed by atoms with E-state index in [0.717, 1.165) is 0 Å². The van der Waals surface area contributed by atoms with Crippen molar-refractivity contribution < 1.29 is 9.31 Å². The SMILES string of the molecule is O=[N+]([O-])c1cccc(NNC(=S)Nc2ccc(F)c(Cl)c2)c1. The minimum absolute atomic E-state index is 0.0283. The molecule has 0 saturated carbocycles. The zero-order chi connectivity index (χ0) is 16.1. The van der Waals surface area contributed by atoms with Crippen molar-refractivity contribution in [2.75, 3.05) is 10.7 Å². The Morgan fingerprint density at radius 2 is 2.00 bits per heavy atom. The molecule has 114 valence electrons. The summed E-state index contributed by atoms with van der Waals surface area (Å²) in [6.45, 7) is 0. The highest BCUT2D eigenvalue weighted by molar-refractivity contribution is 7.80. The van der Waals surface area contributed by atoms with Crippen molar-refractivity contribution in [1.29, 1.82) is 0 Å². The molecule has 0 atom stereocenters. The van der Waals surface area contributed by atoms with Crippen molar-refractivity contribution in [2.45, 2.75) is 0 Å². The van der Waals surface area contributed by atoms with Gasteiger partial charge in [0.05, 0.1) is 15.6 Å². The number of nitro groups is 1. The second kappa shape index (κ2) is 7.01. The Bertz CT molecular complexity index is 729. The van der Waals surface area contributed by atoms with Gasteiger partial charge in [-0.2, -0.15) is 0 Å². The monoisotopic (exact) mass is 340 g/mol. The number of thiocarbonyl (C=S) groups is 1. The molecule has 0 aromatic heterocycles. The number of nitro benzene ring substituents is 1. The third kappa shape index (κ3) is 4.27. The lowest BCUT2D eigenvalue weighted by Gasteiger charge is -2.12. The summed E-state index contributed by atoms with van der Waals surface area (Å²) in [5.74, 6) is -0.527. The molecule has 0 aliphatic rings. The molecular weight excluding hydrogens is 331 g/mol. The van der Waals surface area contributed by atoms with E-state index >= 15 is 0 Å². The predicted octanol–water partition coefficient (Wildman–Crippen LogP) is 3.70. The van der Waals surface area contributed by atoms with Crippen LogP contribution in [0.25, 0.3) is 0 Å². The molecule has 2 aromatic rings. The van der Waals surface area contributed by atoms with Crippen molar-refractivity contribution in [2.24, 2.45) is 0 Å². The summed E-state index contributed by atoms with van der Waals surface area (Å²) >= 11 is 10.7. The second-order valence-electron chi connectivity index (χ2n) is 4.14. The quantitative estimate of drug-likeness (QED) is 0.447. The maximum atomic E-state index is 13.0. The van der Waals surface area contributed by atoms with E-state index < -0.39 is 10.7 Å². The van der Waals surface area contributed by atoms with Crippen LogP contribution >= 0.6 is 23.8 Å². The van der Waals surface area contributed by atoms with Gasteiger partial charge in [0.25, 0.3) is 5.69 Å². The van der Waals surface area contributed by atoms with Gasteiger partial charge in [-0.25, -0.2) is 4.39 Å². The summed E-state index contributed by atoms with van der Waals surface area (Å²) in [6, 6.07) is 9.98. The van der Waals surface area contributed by atoms with Crippen LogP contribution in [0.2, 0.25) is 5.02 Å². The number of hydrazine groups is 1. The fourth-order valence-corrected chi connectivity index (χ4v) is 1.91. The predicted molar refractivity (Wildman–Crippen MR) is 87.5 cm³/mol. The van der Waals surface area contributed by atoms with E-state index in [1.54, 1.807) is 12.1 Å². The topological polar surface area (TPSA) is 79.2 Å². The summed E-state index contributed by atoms with van der Waals surface area (Å²) in [5.41, 5.74) is 6.31. The van der Waals surface area contributed by atoms with Crippen LogP contribution in [-0.2, 0) is 0 Å². The maximum Gasteiger partial charge on any atom is 0.271 e. The highest BCUT2D eigenvalue weighted by Crippen LogP contribution is 2.19. The molecule has 0 spiro atoms. The Balaban J connectivity index is 1.94. The number of hydrogen-bond donors (Lipinski definition) is 3. The zero-order valence-corrected chi connectivity index (χ0v) is 12.5. The molecule has 6 nitrogen and oxygen atoms in total. The average molecular weight is 341 g/mol. The fourth-order valence-electron chi connectivity index (χ4n) is 1.56. The van der Waals surface area contributed by atoms with Crippen LogP contribution in [0.5, 0.6) is 0 Å². The number of hydrogen-bond acceptors (Lipinski definition) is 4. The Morgan fingerprint density at radius 3 is 2.68 bits per heavy atom. The largest absolute Gasteiger partial charge is 0.331 e. The molecule has 0 aliphatic carbocycles. The lowest BCUT2D eigenvalue weighted by molar-refractivity contribution is -0.384. The first kappa shape index (κ1) is 15.9. The Kier molecular flexibility index (Phi) is 5.08. The Morgan fingerprint density at radius 1 is 1.23 bits per heavy atom. The lowest BCUT2D eigenvalue weighted by Crippen LogP contribution is -2.33. The Hall–Kier alpha value is -2.45. The molecule has 0 heterocycles. The first-order valence-corrected chi connectivity index (χ1v) is 6.77. The molecule has 0 aliphatic heterocycles. The molecule has 2 aromatic carbocycles. The zero-order valence-electron chi connectivity index (χ0n) is 11.0. The molecule has 3 N–H and O–H groups in total. The standard InChI is InChI=1S/C13H10ClFN4O2S/c14-11-7-8(4-5-12(11)15)16-13(22)18-17-9-2-1-3-10(6-9)19(20)21/h1-7,17H,(H2,16,18,22). The van der Waals surface area contributed by atoms with Crippen molar-refractivity contribution in [3.63, 3.8) is 0 Å². The molecule has 2 rings (SSSR count). The molecule has 22 heavy (non-hydrogen) atoms. The number of anilines is 2. The summed E-state index contributed by atoms with van der Waals surface area (Å²) in [4.78, 5) is 10.2. The van der Waals surface area contributed by atoms with E-state index in [2.05, 4.69) is 16.2 Å². The van der Waals surface area contributed by atoms with Crippen molar-refractivity contribution in [3.8, 4) is 0 Å². The highest BCUT2D eigenvalue weighted by Gasteiger charge is 2.06. The molecule has 0 unspecified atom stereocenters. The first-order valence-electron chi connectivity index (χ1n) is 5.98. The molecule has 0 radical (unpaired) electrons. The van der Waals surface area contributed by atoms with Crippen LogP contribution in [0.3, 0.4) is 0 Å². The minimum Gasteiger partial charge on any atom is -0.331 e. The van der Waals surface area contributed by atoms with Crippen LogP contribution in [0.4, 0.5) is 21.5 Å². The van der Waals surface area contributed by atoms with Crippen LogP contribution in [0.1, 0.15) is 0 Å². The van der Waals surface area contributed by atoms with Crippen LogP contribution in [0, 0.1) is 15.9 Å². The van der Waals surface area contributed by atoms with Gasteiger partial charge in [0.15, 0.2) is 5.11 Å². The van der Waals surface area contributed by atoms with Gasteiger partial charge in [-0.15, -0.1) is 0 Å². The average Bonchev–Trinajstić information content (AvgIpc) is 2.49. The smallest absolute Gasteiger partial charge is 0.271 e. The van der Waals surface area contributed by atoms with Crippen LogP contribution in [0.15, 0.2) is 42.5 Å². The molecule has 9 heteroatoms. The number of non-ortho nitro benzene ring substituents is 1. The Labute approximate surface area is 135 Å². The van der Waals surface area contributed by atoms with E-state index in [0.29, 0.717) is 11.4 Å². The van der Waals surface area contributed by atoms with E-state index in [1.165, 1.54) is 30.3 Å². The first-order chi connectivity index (χ1) is 10.5. The molecule has 0 fully saturated rings. The number of benzene rings is 2. The van der Waals surface area contributed by atoms with Crippen LogP contribution < -0.4 is 16.2 Å². The van der Waals surface area contributed by atoms with E-state index in [4.69, 9.17) is 23.8 Å². The van der Waals surface area contributed by atoms with Gasteiger partial charge < -0.3 is 5.32 Å². The normalized spacial score (nSPS) is 9.91. The van der Waals surface area contributed by atoms with Gasteiger partial charge in [-0.3, -0.25) is 21.0 Å². The summed E-state index contributed by atoms with van der Waals surface area (Å²) in [5, 5.41) is 13.6. The van der Waals surface area contributed by atoms with E-state index in [1.807, 2.05) is 0 Å². The number of halogens is 2. The van der Waals surface area contributed by atoms with Crippen molar-refractivity contribution in [1.82, 2.24) is 5.43 Å². The minimum atomic E-state index is -0.527.